The number of hydrogen-bond acceptors (Lipinski definition) is 4. The Morgan fingerprint density at radius 3 is 2.70 bits per heavy atom. The minimum atomic E-state index is 0.270. The monoisotopic (exact) mass is 279 g/mol. The van der Waals surface area contributed by atoms with E-state index in [0.29, 0.717) is 12.1 Å². The van der Waals surface area contributed by atoms with E-state index in [9.17, 15) is 0 Å². The number of nitrogens with zero attached hydrogens (tertiary/aromatic N) is 4. The van der Waals surface area contributed by atoms with Gasteiger partial charge >= 0.3 is 0 Å². The van der Waals surface area contributed by atoms with Crippen LogP contribution in [0.2, 0.25) is 0 Å². The number of hydrogen-bond donors (Lipinski definition) is 1. The van der Waals surface area contributed by atoms with Gasteiger partial charge in [0.15, 0.2) is 0 Å². The van der Waals surface area contributed by atoms with Crippen molar-refractivity contribution in [2.24, 2.45) is 12.5 Å². The van der Waals surface area contributed by atoms with Gasteiger partial charge in [-0.05, 0) is 11.8 Å². The molecular weight excluding hydrogens is 250 g/mol. The molecule has 0 bridgehead atoms. The average Bonchev–Trinajstić information content (AvgIpc) is 2.74. The van der Waals surface area contributed by atoms with Crippen molar-refractivity contribution in [3.05, 3.63) is 11.9 Å². The van der Waals surface area contributed by atoms with Crippen LogP contribution in [0.15, 0.2) is 6.20 Å². The maximum atomic E-state index is 4.25. The van der Waals surface area contributed by atoms with Gasteiger partial charge in [-0.2, -0.15) is 0 Å². The van der Waals surface area contributed by atoms with Crippen LogP contribution in [0.3, 0.4) is 0 Å². The van der Waals surface area contributed by atoms with Gasteiger partial charge in [-0.25, -0.2) is 0 Å². The lowest BCUT2D eigenvalue weighted by Crippen LogP contribution is -2.60. The highest BCUT2D eigenvalue weighted by molar-refractivity contribution is 4.98. The van der Waals surface area contributed by atoms with E-state index < -0.39 is 0 Å². The molecule has 0 aromatic carbocycles. The molecule has 0 saturated carbocycles. The normalized spacial score (nSPS) is 25.1. The predicted molar refractivity (Wildman–Crippen MR) is 81.4 cm³/mol. The maximum absolute atomic E-state index is 4.25. The van der Waals surface area contributed by atoms with Crippen molar-refractivity contribution < 1.29 is 0 Å². The first kappa shape index (κ1) is 15.4. The fourth-order valence-corrected chi connectivity index (χ4v) is 3.13. The third-order valence-corrected chi connectivity index (χ3v) is 4.15. The molecule has 0 spiro atoms. The Balaban J connectivity index is 2.09. The quantitative estimate of drug-likeness (QED) is 0.913. The van der Waals surface area contributed by atoms with Gasteiger partial charge in [0.2, 0.25) is 0 Å². The zero-order chi connectivity index (χ0) is 14.8. The molecule has 1 fully saturated rings. The van der Waals surface area contributed by atoms with E-state index in [1.807, 2.05) is 13.2 Å². The van der Waals surface area contributed by atoms with Gasteiger partial charge in [0.05, 0.1) is 5.69 Å². The lowest BCUT2D eigenvalue weighted by atomic mass is 9.83. The van der Waals surface area contributed by atoms with E-state index in [4.69, 9.17) is 0 Å². The molecule has 5 nitrogen and oxygen atoms in total. The Hall–Kier alpha value is -0.940. The number of nitrogens with one attached hydrogen (secondary N) is 1. The first-order valence-electron chi connectivity index (χ1n) is 7.72. The molecule has 1 aromatic rings. The molecule has 0 amide bonds. The number of piperazine rings is 1. The van der Waals surface area contributed by atoms with Crippen molar-refractivity contribution >= 4 is 0 Å². The Kier molecular flexibility index (Phi) is 4.81. The summed E-state index contributed by atoms with van der Waals surface area (Å²) in [5.74, 6) is 0. The minimum absolute atomic E-state index is 0.270. The van der Waals surface area contributed by atoms with Crippen LogP contribution in [0.1, 0.15) is 46.2 Å². The van der Waals surface area contributed by atoms with Crippen LogP contribution in [0.4, 0.5) is 0 Å². The van der Waals surface area contributed by atoms with Crippen molar-refractivity contribution in [3.63, 3.8) is 0 Å². The summed E-state index contributed by atoms with van der Waals surface area (Å²) in [6.45, 7) is 12.3. The van der Waals surface area contributed by atoms with Crippen molar-refractivity contribution in [3.8, 4) is 0 Å². The molecular formula is C15H29N5. The third-order valence-electron chi connectivity index (χ3n) is 4.15. The van der Waals surface area contributed by atoms with Crippen molar-refractivity contribution in [1.29, 1.82) is 0 Å². The first-order chi connectivity index (χ1) is 9.40. The molecule has 0 radical (unpaired) electrons. The zero-order valence-electron chi connectivity index (χ0n) is 13.6. The molecule has 2 rings (SSSR count). The summed E-state index contributed by atoms with van der Waals surface area (Å²) in [4.78, 5) is 2.58. The molecule has 1 aliphatic heterocycles. The topological polar surface area (TPSA) is 46.0 Å². The summed E-state index contributed by atoms with van der Waals surface area (Å²) in [5.41, 5.74) is 1.34. The van der Waals surface area contributed by atoms with Crippen LogP contribution in [0, 0.1) is 5.41 Å². The van der Waals surface area contributed by atoms with Gasteiger partial charge < -0.3 is 5.32 Å². The average molecular weight is 279 g/mol. The van der Waals surface area contributed by atoms with E-state index in [-0.39, 0.29) is 5.41 Å². The van der Waals surface area contributed by atoms with E-state index in [1.165, 1.54) is 12.8 Å². The predicted octanol–water partition coefficient (Wildman–Crippen LogP) is 1.80. The molecule has 2 atom stereocenters. The van der Waals surface area contributed by atoms with Crippen LogP contribution < -0.4 is 5.32 Å². The van der Waals surface area contributed by atoms with Gasteiger partial charge in [0, 0.05) is 45.0 Å². The van der Waals surface area contributed by atoms with Gasteiger partial charge in [-0.3, -0.25) is 9.58 Å². The van der Waals surface area contributed by atoms with Crippen LogP contribution in [-0.4, -0.2) is 45.1 Å². The second-order valence-corrected chi connectivity index (χ2v) is 7.09. The third kappa shape index (κ3) is 3.79. The summed E-state index contributed by atoms with van der Waals surface area (Å²) in [5, 5.41) is 12.0. The van der Waals surface area contributed by atoms with Crippen molar-refractivity contribution in [2.75, 3.05) is 13.1 Å². The fraction of sp³-hybridized carbons (Fsp3) is 0.867. The van der Waals surface area contributed by atoms with Crippen LogP contribution in [0.25, 0.3) is 0 Å². The van der Waals surface area contributed by atoms with Crippen molar-refractivity contribution in [1.82, 2.24) is 25.2 Å². The lowest BCUT2D eigenvalue weighted by molar-refractivity contribution is 0.0465. The van der Waals surface area contributed by atoms with E-state index in [0.717, 1.165) is 25.3 Å². The van der Waals surface area contributed by atoms with Crippen LogP contribution >= 0.6 is 0 Å². The minimum Gasteiger partial charge on any atom is -0.311 e. The summed E-state index contributed by atoms with van der Waals surface area (Å²) >= 11 is 0. The Morgan fingerprint density at radius 1 is 1.40 bits per heavy atom. The molecule has 114 valence electrons. The lowest BCUT2D eigenvalue weighted by Gasteiger charge is -2.46. The molecule has 2 heterocycles. The van der Waals surface area contributed by atoms with E-state index >= 15 is 0 Å². The Morgan fingerprint density at radius 2 is 2.15 bits per heavy atom. The number of aryl methyl sites for hydroxylation is 1. The van der Waals surface area contributed by atoms with Gasteiger partial charge in [0.1, 0.15) is 0 Å². The van der Waals surface area contributed by atoms with Crippen LogP contribution in [0.5, 0.6) is 0 Å². The number of aromatic nitrogens is 3. The van der Waals surface area contributed by atoms with Crippen molar-refractivity contribution in [2.45, 2.75) is 59.2 Å². The molecule has 20 heavy (non-hydrogen) atoms. The molecule has 1 saturated heterocycles. The van der Waals surface area contributed by atoms with E-state index in [2.05, 4.69) is 48.2 Å². The second-order valence-electron chi connectivity index (χ2n) is 7.09. The fourth-order valence-electron chi connectivity index (χ4n) is 3.13. The standard InChI is InChI=1S/C15H29N5/c1-6-7-12-10-20(11-13-9-19(5)18-17-13)14(8-16-12)15(2,3)4/h9,12,14,16H,6-8,10-11H2,1-5H3. The number of rotatable bonds is 4. The molecule has 5 heteroatoms. The molecule has 1 aromatic heterocycles. The molecule has 1 aliphatic rings. The highest BCUT2D eigenvalue weighted by Crippen LogP contribution is 2.28. The van der Waals surface area contributed by atoms with Gasteiger partial charge in [-0.1, -0.05) is 39.3 Å². The summed E-state index contributed by atoms with van der Waals surface area (Å²) in [6.07, 6.45) is 4.50. The van der Waals surface area contributed by atoms with E-state index in [1.54, 1.807) is 4.68 Å². The summed E-state index contributed by atoms with van der Waals surface area (Å²) in [6, 6.07) is 1.15. The maximum Gasteiger partial charge on any atom is 0.0967 e. The zero-order valence-corrected chi connectivity index (χ0v) is 13.6. The largest absolute Gasteiger partial charge is 0.311 e. The SMILES string of the molecule is CCCC1CN(Cc2cn(C)nn2)C(C(C)(C)C)CN1. The highest BCUT2D eigenvalue weighted by Gasteiger charge is 2.35. The Labute approximate surface area is 122 Å². The van der Waals surface area contributed by atoms with Gasteiger partial charge in [-0.15, -0.1) is 5.10 Å². The second kappa shape index (κ2) is 6.22. The molecule has 1 N–H and O–H groups in total. The summed E-state index contributed by atoms with van der Waals surface area (Å²) < 4.78 is 1.78. The van der Waals surface area contributed by atoms with Gasteiger partial charge in [0.25, 0.3) is 0 Å². The highest BCUT2D eigenvalue weighted by atomic mass is 15.4. The smallest absolute Gasteiger partial charge is 0.0967 e. The van der Waals surface area contributed by atoms with Crippen LogP contribution in [-0.2, 0) is 13.6 Å². The Bertz CT molecular complexity index is 420. The molecule has 2 unspecified atom stereocenters. The summed E-state index contributed by atoms with van der Waals surface area (Å²) in [7, 11) is 1.93. The first-order valence-corrected chi connectivity index (χ1v) is 7.72. The molecule has 0 aliphatic carbocycles.